The van der Waals surface area contributed by atoms with E-state index in [9.17, 15) is 8.42 Å². The summed E-state index contributed by atoms with van der Waals surface area (Å²) in [4.78, 5) is 0.153. The minimum atomic E-state index is -3.73. The molecule has 17 heavy (non-hydrogen) atoms. The predicted molar refractivity (Wildman–Crippen MR) is 66.0 cm³/mol. The molecule has 1 aromatic rings. The van der Waals surface area contributed by atoms with Gasteiger partial charge in [0.2, 0.25) is 0 Å². The molecule has 0 aliphatic carbocycles. The minimum absolute atomic E-state index is 0.153. The second-order valence-corrected chi connectivity index (χ2v) is 5.29. The molecule has 1 aromatic carbocycles. The van der Waals surface area contributed by atoms with Gasteiger partial charge in [-0.15, -0.1) is 0 Å². The molecule has 3 N–H and O–H groups in total. The molecule has 0 radical (unpaired) electrons. The summed E-state index contributed by atoms with van der Waals surface area (Å²) in [6.45, 7) is 2.25. The molecule has 0 saturated heterocycles. The van der Waals surface area contributed by atoms with E-state index >= 15 is 0 Å². The topological polar surface area (TPSA) is 81.4 Å². The number of hydrogen-bond donors (Lipinski definition) is 2. The largest absolute Gasteiger partial charge is 0.330 e. The van der Waals surface area contributed by atoms with E-state index < -0.39 is 16.3 Å². The SMILES string of the molecule is CNC(CCN)OS(=O)(=O)c1ccc(C)cc1. The summed E-state index contributed by atoms with van der Waals surface area (Å²) in [6, 6.07) is 6.51. The van der Waals surface area contributed by atoms with Crippen molar-refractivity contribution in [3.8, 4) is 0 Å². The van der Waals surface area contributed by atoms with Crippen LogP contribution in [0, 0.1) is 6.92 Å². The third-order valence-electron chi connectivity index (χ3n) is 2.30. The first-order valence-corrected chi connectivity index (χ1v) is 6.77. The van der Waals surface area contributed by atoms with E-state index in [1.165, 1.54) is 12.1 Å². The van der Waals surface area contributed by atoms with E-state index in [1.807, 2.05) is 6.92 Å². The Kier molecular flexibility index (Phi) is 5.07. The van der Waals surface area contributed by atoms with Crippen molar-refractivity contribution in [2.45, 2.75) is 24.5 Å². The van der Waals surface area contributed by atoms with E-state index in [4.69, 9.17) is 9.92 Å². The summed E-state index contributed by atoms with van der Waals surface area (Å²) in [7, 11) is -2.10. The molecule has 0 heterocycles. The third-order valence-corrected chi connectivity index (χ3v) is 3.64. The zero-order chi connectivity index (χ0) is 12.9. The molecule has 0 aliphatic rings. The lowest BCUT2D eigenvalue weighted by molar-refractivity contribution is 0.174. The zero-order valence-corrected chi connectivity index (χ0v) is 10.8. The van der Waals surface area contributed by atoms with Gasteiger partial charge in [-0.2, -0.15) is 8.42 Å². The first kappa shape index (κ1) is 14.1. The van der Waals surface area contributed by atoms with Crippen LogP contribution in [0.1, 0.15) is 12.0 Å². The summed E-state index contributed by atoms with van der Waals surface area (Å²) < 4.78 is 28.8. The number of nitrogens with two attached hydrogens (primary N) is 1. The van der Waals surface area contributed by atoms with Crippen LogP contribution in [-0.2, 0) is 14.3 Å². The fourth-order valence-electron chi connectivity index (χ4n) is 1.31. The maximum Gasteiger partial charge on any atom is 0.298 e. The van der Waals surface area contributed by atoms with E-state index in [1.54, 1.807) is 19.2 Å². The van der Waals surface area contributed by atoms with Crippen LogP contribution in [-0.4, -0.2) is 28.2 Å². The number of benzene rings is 1. The molecule has 1 rings (SSSR count). The lowest BCUT2D eigenvalue weighted by Crippen LogP contribution is -2.33. The predicted octanol–water partition coefficient (Wildman–Crippen LogP) is 0.595. The Hall–Kier alpha value is -0.950. The van der Waals surface area contributed by atoms with Gasteiger partial charge in [0.1, 0.15) is 6.23 Å². The Morgan fingerprint density at radius 2 is 1.94 bits per heavy atom. The van der Waals surface area contributed by atoms with E-state index in [0.29, 0.717) is 13.0 Å². The van der Waals surface area contributed by atoms with Gasteiger partial charge in [0.25, 0.3) is 10.1 Å². The zero-order valence-electron chi connectivity index (χ0n) is 10.0. The van der Waals surface area contributed by atoms with E-state index in [-0.39, 0.29) is 4.90 Å². The normalized spacial score (nSPS) is 13.6. The van der Waals surface area contributed by atoms with Crippen molar-refractivity contribution in [2.24, 2.45) is 5.73 Å². The second-order valence-electron chi connectivity index (χ2n) is 3.72. The van der Waals surface area contributed by atoms with E-state index in [0.717, 1.165) is 5.56 Å². The highest BCUT2D eigenvalue weighted by molar-refractivity contribution is 7.86. The number of aryl methyl sites for hydroxylation is 1. The summed E-state index contributed by atoms with van der Waals surface area (Å²) in [6.07, 6.45) is -0.159. The fourth-order valence-corrected chi connectivity index (χ4v) is 2.38. The van der Waals surface area contributed by atoms with Gasteiger partial charge in [0.05, 0.1) is 4.90 Å². The second kappa shape index (κ2) is 6.11. The maximum absolute atomic E-state index is 11.9. The smallest absolute Gasteiger partial charge is 0.298 e. The molecule has 0 aliphatic heterocycles. The Bertz CT molecular complexity index is 442. The van der Waals surface area contributed by atoms with Crippen molar-refractivity contribution < 1.29 is 12.6 Å². The highest BCUT2D eigenvalue weighted by Crippen LogP contribution is 2.15. The molecule has 0 bridgehead atoms. The molecule has 0 aromatic heterocycles. The average Bonchev–Trinajstić information content (AvgIpc) is 2.28. The summed E-state index contributed by atoms with van der Waals surface area (Å²) in [5.41, 5.74) is 6.36. The molecule has 0 fully saturated rings. The van der Waals surface area contributed by atoms with Gasteiger partial charge in [-0.25, -0.2) is 4.18 Å². The monoisotopic (exact) mass is 258 g/mol. The maximum atomic E-state index is 11.9. The highest BCUT2D eigenvalue weighted by Gasteiger charge is 2.19. The van der Waals surface area contributed by atoms with Crippen LogP contribution in [0.3, 0.4) is 0 Å². The van der Waals surface area contributed by atoms with Crippen LogP contribution in [0.25, 0.3) is 0 Å². The standard InChI is InChI=1S/C11H18N2O3S/c1-9-3-5-10(6-4-9)17(14,15)16-11(13-2)7-8-12/h3-6,11,13H,7-8,12H2,1-2H3. The molecule has 0 spiro atoms. The summed E-state index contributed by atoms with van der Waals surface area (Å²) >= 11 is 0. The van der Waals surface area contributed by atoms with Crippen molar-refractivity contribution in [3.63, 3.8) is 0 Å². The van der Waals surface area contributed by atoms with Crippen molar-refractivity contribution in [1.82, 2.24) is 5.32 Å². The third kappa shape index (κ3) is 4.08. The molecular formula is C11H18N2O3S. The van der Waals surface area contributed by atoms with Gasteiger partial charge < -0.3 is 5.73 Å². The Labute approximate surface area is 102 Å². The Morgan fingerprint density at radius 3 is 2.41 bits per heavy atom. The van der Waals surface area contributed by atoms with Crippen LogP contribution >= 0.6 is 0 Å². The van der Waals surface area contributed by atoms with Crippen molar-refractivity contribution >= 4 is 10.1 Å². The van der Waals surface area contributed by atoms with Gasteiger partial charge in [0, 0.05) is 6.42 Å². The van der Waals surface area contributed by atoms with Crippen LogP contribution in [0.15, 0.2) is 29.2 Å². The van der Waals surface area contributed by atoms with Crippen LogP contribution < -0.4 is 11.1 Å². The molecule has 1 atom stereocenters. The van der Waals surface area contributed by atoms with Crippen molar-refractivity contribution in [2.75, 3.05) is 13.6 Å². The highest BCUT2D eigenvalue weighted by atomic mass is 32.2. The van der Waals surface area contributed by atoms with Crippen molar-refractivity contribution in [3.05, 3.63) is 29.8 Å². The quantitative estimate of drug-likeness (QED) is 0.576. The Morgan fingerprint density at radius 1 is 1.35 bits per heavy atom. The lowest BCUT2D eigenvalue weighted by Gasteiger charge is -2.15. The Balaban J connectivity index is 2.84. The summed E-state index contributed by atoms with van der Waals surface area (Å²) in [5, 5.41) is 2.76. The average molecular weight is 258 g/mol. The number of rotatable bonds is 6. The first-order chi connectivity index (χ1) is 7.99. The van der Waals surface area contributed by atoms with Crippen molar-refractivity contribution in [1.29, 1.82) is 0 Å². The fraction of sp³-hybridized carbons (Fsp3) is 0.455. The van der Waals surface area contributed by atoms with Crippen LogP contribution in [0.4, 0.5) is 0 Å². The van der Waals surface area contributed by atoms with Crippen LogP contribution in [0.5, 0.6) is 0 Å². The number of hydrogen-bond acceptors (Lipinski definition) is 5. The molecule has 96 valence electrons. The van der Waals surface area contributed by atoms with Gasteiger partial charge in [-0.3, -0.25) is 5.32 Å². The lowest BCUT2D eigenvalue weighted by atomic mass is 10.2. The number of nitrogens with one attached hydrogen (secondary N) is 1. The van der Waals surface area contributed by atoms with Crippen LogP contribution in [0.2, 0.25) is 0 Å². The molecular weight excluding hydrogens is 240 g/mol. The van der Waals surface area contributed by atoms with Gasteiger partial charge in [-0.05, 0) is 32.6 Å². The molecule has 0 saturated carbocycles. The molecule has 1 unspecified atom stereocenters. The minimum Gasteiger partial charge on any atom is -0.330 e. The molecule has 0 amide bonds. The van der Waals surface area contributed by atoms with E-state index in [2.05, 4.69) is 5.32 Å². The van der Waals surface area contributed by atoms with Gasteiger partial charge in [-0.1, -0.05) is 17.7 Å². The first-order valence-electron chi connectivity index (χ1n) is 5.37. The van der Waals surface area contributed by atoms with Gasteiger partial charge >= 0.3 is 0 Å². The molecule has 5 nitrogen and oxygen atoms in total. The molecule has 6 heteroatoms. The summed E-state index contributed by atoms with van der Waals surface area (Å²) in [5.74, 6) is 0. The van der Waals surface area contributed by atoms with Gasteiger partial charge in [0.15, 0.2) is 0 Å².